The number of aliphatic hydroxyl groups excluding tert-OH is 1. The van der Waals surface area contributed by atoms with Crippen molar-refractivity contribution in [2.24, 2.45) is 0 Å². The van der Waals surface area contributed by atoms with E-state index in [1.807, 2.05) is 6.07 Å². The Bertz CT molecular complexity index is 444. The van der Waals surface area contributed by atoms with Crippen molar-refractivity contribution in [3.8, 4) is 0 Å². The van der Waals surface area contributed by atoms with E-state index in [0.29, 0.717) is 44.5 Å². The molecule has 1 aliphatic carbocycles. The Balaban J connectivity index is 1.84. The number of benzene rings is 1. The zero-order chi connectivity index (χ0) is 13.3. The maximum atomic E-state index is 14.0. The Morgan fingerprint density at radius 3 is 2.26 bits per heavy atom. The number of ether oxygens (including phenoxy) is 2. The van der Waals surface area contributed by atoms with E-state index in [-0.39, 0.29) is 12.4 Å². The molecule has 104 valence electrons. The van der Waals surface area contributed by atoms with Crippen LogP contribution in [0.1, 0.15) is 31.2 Å². The lowest BCUT2D eigenvalue weighted by Crippen LogP contribution is -2.44. The van der Waals surface area contributed by atoms with E-state index < -0.39 is 11.2 Å². The van der Waals surface area contributed by atoms with Crippen molar-refractivity contribution in [2.75, 3.05) is 19.8 Å². The van der Waals surface area contributed by atoms with Gasteiger partial charge in [-0.05, 0) is 24.5 Å². The Morgan fingerprint density at radius 1 is 1.05 bits per heavy atom. The third-order valence-corrected chi connectivity index (χ3v) is 4.53. The van der Waals surface area contributed by atoms with Crippen LogP contribution in [0.15, 0.2) is 24.3 Å². The zero-order valence-corrected chi connectivity index (χ0v) is 10.9. The van der Waals surface area contributed by atoms with Crippen LogP contribution in [-0.2, 0) is 14.9 Å². The quantitative estimate of drug-likeness (QED) is 0.893. The second-order valence-corrected chi connectivity index (χ2v) is 5.53. The van der Waals surface area contributed by atoms with Crippen molar-refractivity contribution in [1.29, 1.82) is 0 Å². The predicted molar refractivity (Wildman–Crippen MR) is 68.3 cm³/mol. The zero-order valence-electron chi connectivity index (χ0n) is 10.9. The molecule has 1 N–H and O–H groups in total. The fourth-order valence-electron chi connectivity index (χ4n) is 3.30. The lowest BCUT2D eigenvalue weighted by atomic mass is 9.68. The van der Waals surface area contributed by atoms with Gasteiger partial charge in [0.25, 0.3) is 0 Å². The van der Waals surface area contributed by atoms with E-state index in [1.165, 1.54) is 6.07 Å². The molecule has 1 spiro atoms. The highest BCUT2D eigenvalue weighted by atomic mass is 19.1. The van der Waals surface area contributed by atoms with Gasteiger partial charge in [0.2, 0.25) is 0 Å². The van der Waals surface area contributed by atoms with Crippen LogP contribution in [0, 0.1) is 5.82 Å². The van der Waals surface area contributed by atoms with E-state index in [2.05, 4.69) is 0 Å². The van der Waals surface area contributed by atoms with Crippen molar-refractivity contribution in [3.63, 3.8) is 0 Å². The van der Waals surface area contributed by atoms with Gasteiger partial charge in [-0.1, -0.05) is 18.2 Å². The first-order chi connectivity index (χ1) is 9.20. The molecule has 0 amide bonds. The lowest BCUT2D eigenvalue weighted by molar-refractivity contribution is -0.187. The molecule has 1 saturated carbocycles. The smallest absolute Gasteiger partial charge is 0.168 e. The Labute approximate surface area is 112 Å². The summed E-state index contributed by atoms with van der Waals surface area (Å²) in [6, 6.07) is 6.74. The maximum Gasteiger partial charge on any atom is 0.168 e. The summed E-state index contributed by atoms with van der Waals surface area (Å²) in [5.41, 5.74) is 0.122. The van der Waals surface area contributed by atoms with E-state index in [4.69, 9.17) is 9.47 Å². The number of halogens is 1. The predicted octanol–water partition coefficient (Wildman–Crippen LogP) is 2.37. The molecule has 4 heteroatoms. The number of rotatable bonds is 2. The normalized spacial score (nSPS) is 24.7. The summed E-state index contributed by atoms with van der Waals surface area (Å²) in [4.78, 5) is 0. The summed E-state index contributed by atoms with van der Waals surface area (Å²) < 4.78 is 25.4. The highest BCUT2D eigenvalue weighted by Crippen LogP contribution is 2.46. The number of hydrogen-bond donors (Lipinski definition) is 1. The Morgan fingerprint density at radius 2 is 1.68 bits per heavy atom. The minimum Gasteiger partial charge on any atom is -0.395 e. The summed E-state index contributed by atoms with van der Waals surface area (Å²) in [7, 11) is 0. The van der Waals surface area contributed by atoms with Crippen LogP contribution in [-0.4, -0.2) is 30.7 Å². The van der Waals surface area contributed by atoms with Crippen LogP contribution in [0.4, 0.5) is 4.39 Å². The molecule has 0 atom stereocenters. The minimum atomic E-state index is -0.494. The van der Waals surface area contributed by atoms with Gasteiger partial charge in [0, 0.05) is 18.3 Å². The molecule has 1 aliphatic heterocycles. The summed E-state index contributed by atoms with van der Waals surface area (Å²) in [6.07, 6.45) is 2.79. The van der Waals surface area contributed by atoms with Crippen molar-refractivity contribution < 1.29 is 19.0 Å². The lowest BCUT2D eigenvalue weighted by Gasteiger charge is -2.43. The molecule has 1 heterocycles. The molecule has 0 radical (unpaired) electrons. The van der Waals surface area contributed by atoms with Crippen LogP contribution in [0.2, 0.25) is 0 Å². The second-order valence-electron chi connectivity index (χ2n) is 5.53. The highest BCUT2D eigenvalue weighted by molar-refractivity contribution is 5.28. The van der Waals surface area contributed by atoms with Crippen LogP contribution >= 0.6 is 0 Å². The molecule has 0 aromatic heterocycles. The fraction of sp³-hybridized carbons (Fsp3) is 0.600. The molecule has 0 unspecified atom stereocenters. The van der Waals surface area contributed by atoms with Crippen LogP contribution in [0.25, 0.3) is 0 Å². The van der Waals surface area contributed by atoms with Crippen LogP contribution in [0.3, 0.4) is 0 Å². The standard InChI is InChI=1S/C15H19FO3/c16-13-4-2-1-3-12(13)14(11-17)5-7-15(8-6-14)18-9-10-19-15/h1-4,17H,5-11H2. The number of hydrogen-bond acceptors (Lipinski definition) is 3. The molecule has 0 bridgehead atoms. The molecular formula is C15H19FO3. The van der Waals surface area contributed by atoms with E-state index >= 15 is 0 Å². The first kappa shape index (κ1) is 13.0. The summed E-state index contributed by atoms with van der Waals surface area (Å²) in [5.74, 6) is -0.718. The van der Waals surface area contributed by atoms with Crippen molar-refractivity contribution in [2.45, 2.75) is 36.9 Å². The van der Waals surface area contributed by atoms with Crippen LogP contribution in [0.5, 0.6) is 0 Å². The van der Waals surface area contributed by atoms with Gasteiger partial charge in [-0.15, -0.1) is 0 Å². The first-order valence-corrected chi connectivity index (χ1v) is 6.84. The molecule has 3 rings (SSSR count). The average Bonchev–Trinajstić information content (AvgIpc) is 2.90. The van der Waals surface area contributed by atoms with E-state index in [0.717, 1.165) is 0 Å². The minimum absolute atomic E-state index is 0.0377. The summed E-state index contributed by atoms with van der Waals surface area (Å²) in [6.45, 7) is 1.22. The van der Waals surface area contributed by atoms with Gasteiger partial charge < -0.3 is 14.6 Å². The third-order valence-electron chi connectivity index (χ3n) is 4.53. The van der Waals surface area contributed by atoms with Gasteiger partial charge in [0.15, 0.2) is 5.79 Å². The highest BCUT2D eigenvalue weighted by Gasteiger charge is 2.47. The van der Waals surface area contributed by atoms with E-state index in [9.17, 15) is 9.50 Å². The van der Waals surface area contributed by atoms with Crippen molar-refractivity contribution >= 4 is 0 Å². The fourth-order valence-corrected chi connectivity index (χ4v) is 3.30. The summed E-state index contributed by atoms with van der Waals surface area (Å²) >= 11 is 0. The monoisotopic (exact) mass is 266 g/mol. The topological polar surface area (TPSA) is 38.7 Å². The molecule has 3 nitrogen and oxygen atoms in total. The van der Waals surface area contributed by atoms with Gasteiger partial charge >= 0.3 is 0 Å². The van der Waals surface area contributed by atoms with Gasteiger partial charge in [-0.3, -0.25) is 0 Å². The van der Waals surface area contributed by atoms with Crippen molar-refractivity contribution in [1.82, 2.24) is 0 Å². The summed E-state index contributed by atoms with van der Waals surface area (Å²) in [5, 5.41) is 9.80. The Hall–Kier alpha value is -0.970. The molecular weight excluding hydrogens is 247 g/mol. The maximum absolute atomic E-state index is 14.0. The molecule has 1 saturated heterocycles. The molecule has 1 aromatic rings. The molecule has 19 heavy (non-hydrogen) atoms. The first-order valence-electron chi connectivity index (χ1n) is 6.84. The second kappa shape index (κ2) is 4.85. The van der Waals surface area contributed by atoms with Gasteiger partial charge in [-0.25, -0.2) is 4.39 Å². The van der Waals surface area contributed by atoms with E-state index in [1.54, 1.807) is 12.1 Å². The largest absolute Gasteiger partial charge is 0.395 e. The molecule has 2 fully saturated rings. The molecule has 1 aromatic carbocycles. The van der Waals surface area contributed by atoms with Crippen LogP contribution < -0.4 is 0 Å². The van der Waals surface area contributed by atoms with Gasteiger partial charge in [0.1, 0.15) is 5.82 Å². The average molecular weight is 266 g/mol. The van der Waals surface area contributed by atoms with Gasteiger partial charge in [0.05, 0.1) is 19.8 Å². The number of aliphatic hydroxyl groups is 1. The Kier molecular flexibility index (Phi) is 3.33. The molecule has 2 aliphatic rings. The SMILES string of the molecule is OCC1(c2ccccc2F)CCC2(CC1)OCCO2. The van der Waals surface area contributed by atoms with Crippen molar-refractivity contribution in [3.05, 3.63) is 35.6 Å². The third kappa shape index (κ3) is 2.18. The van der Waals surface area contributed by atoms with Gasteiger partial charge in [-0.2, -0.15) is 0 Å².